The summed E-state index contributed by atoms with van der Waals surface area (Å²) in [6.45, 7) is 3.75. The molecule has 116 valence electrons. The standard InChI is InChI=1S/C14H19ClN2O4/c1-2-3-9-21-10-5-8-16-14(18)11-6-4-7-12(15)13(11)17(19)20/h4,6-7H,2-3,5,8-10H2,1H3,(H,16,18). The molecule has 0 saturated carbocycles. The third-order valence-corrected chi connectivity index (χ3v) is 3.11. The predicted molar refractivity (Wildman–Crippen MR) is 80.8 cm³/mol. The van der Waals surface area contributed by atoms with Gasteiger partial charge < -0.3 is 10.1 Å². The molecule has 0 aliphatic rings. The Morgan fingerprint density at radius 3 is 2.76 bits per heavy atom. The van der Waals surface area contributed by atoms with E-state index < -0.39 is 10.8 Å². The van der Waals surface area contributed by atoms with Crippen LogP contribution in [0.3, 0.4) is 0 Å². The maximum atomic E-state index is 11.9. The molecule has 0 aliphatic carbocycles. The van der Waals surface area contributed by atoms with E-state index in [1.54, 1.807) is 0 Å². The highest BCUT2D eigenvalue weighted by molar-refractivity contribution is 6.33. The number of nitro groups is 1. The van der Waals surface area contributed by atoms with Crippen molar-refractivity contribution in [2.75, 3.05) is 19.8 Å². The van der Waals surface area contributed by atoms with Crippen molar-refractivity contribution in [1.29, 1.82) is 0 Å². The van der Waals surface area contributed by atoms with E-state index >= 15 is 0 Å². The lowest BCUT2D eigenvalue weighted by atomic mass is 10.1. The first kappa shape index (κ1) is 17.4. The number of carbonyl (C=O) groups is 1. The molecule has 1 amide bonds. The topological polar surface area (TPSA) is 81.5 Å². The van der Waals surface area contributed by atoms with E-state index in [0.717, 1.165) is 12.8 Å². The number of para-hydroxylation sites is 1. The molecule has 0 bridgehead atoms. The van der Waals surface area contributed by atoms with E-state index in [1.165, 1.54) is 18.2 Å². The smallest absolute Gasteiger partial charge is 0.300 e. The van der Waals surface area contributed by atoms with Crippen LogP contribution in [0.15, 0.2) is 18.2 Å². The normalized spacial score (nSPS) is 10.4. The summed E-state index contributed by atoms with van der Waals surface area (Å²) in [7, 11) is 0. The molecule has 1 aromatic rings. The Labute approximate surface area is 128 Å². The van der Waals surface area contributed by atoms with Gasteiger partial charge in [0, 0.05) is 19.8 Å². The largest absolute Gasteiger partial charge is 0.381 e. The first-order valence-electron chi connectivity index (χ1n) is 6.86. The van der Waals surface area contributed by atoms with Gasteiger partial charge in [-0.3, -0.25) is 14.9 Å². The minimum atomic E-state index is -0.648. The lowest BCUT2D eigenvalue weighted by Crippen LogP contribution is -2.26. The molecule has 0 heterocycles. The highest BCUT2D eigenvalue weighted by Gasteiger charge is 2.23. The predicted octanol–water partition coefficient (Wildman–Crippen LogP) is 3.18. The van der Waals surface area contributed by atoms with Crippen molar-refractivity contribution in [2.24, 2.45) is 0 Å². The molecule has 0 radical (unpaired) electrons. The lowest BCUT2D eigenvalue weighted by Gasteiger charge is -2.07. The first-order chi connectivity index (χ1) is 10.1. The van der Waals surface area contributed by atoms with Gasteiger partial charge in [0.1, 0.15) is 10.6 Å². The number of carbonyl (C=O) groups excluding carboxylic acids is 1. The zero-order valence-electron chi connectivity index (χ0n) is 11.9. The van der Waals surface area contributed by atoms with Crippen LogP contribution in [-0.4, -0.2) is 30.6 Å². The second kappa shape index (κ2) is 9.31. The van der Waals surface area contributed by atoms with Crippen molar-refractivity contribution in [3.8, 4) is 0 Å². The van der Waals surface area contributed by atoms with Crippen LogP contribution in [0.4, 0.5) is 5.69 Å². The third-order valence-electron chi connectivity index (χ3n) is 2.81. The maximum absolute atomic E-state index is 11.9. The summed E-state index contributed by atoms with van der Waals surface area (Å²) < 4.78 is 5.36. The maximum Gasteiger partial charge on any atom is 0.300 e. The summed E-state index contributed by atoms with van der Waals surface area (Å²) in [6, 6.07) is 4.28. The number of hydrogen-bond acceptors (Lipinski definition) is 4. The van der Waals surface area contributed by atoms with Crippen LogP contribution >= 0.6 is 11.6 Å². The van der Waals surface area contributed by atoms with Crippen LogP contribution in [0.2, 0.25) is 5.02 Å². The number of nitrogens with zero attached hydrogens (tertiary/aromatic N) is 1. The number of amides is 1. The zero-order chi connectivity index (χ0) is 15.7. The second-order valence-electron chi connectivity index (χ2n) is 4.47. The molecule has 21 heavy (non-hydrogen) atoms. The molecule has 0 fully saturated rings. The summed E-state index contributed by atoms with van der Waals surface area (Å²) in [5, 5.41) is 13.5. The van der Waals surface area contributed by atoms with Crippen LogP contribution in [0.25, 0.3) is 0 Å². The van der Waals surface area contributed by atoms with Crippen molar-refractivity contribution in [1.82, 2.24) is 5.32 Å². The van der Waals surface area contributed by atoms with Gasteiger partial charge in [-0.2, -0.15) is 0 Å². The lowest BCUT2D eigenvalue weighted by molar-refractivity contribution is -0.385. The van der Waals surface area contributed by atoms with Crippen LogP contribution in [0, 0.1) is 10.1 Å². The number of halogens is 1. The van der Waals surface area contributed by atoms with Crippen molar-refractivity contribution in [3.05, 3.63) is 38.9 Å². The Morgan fingerprint density at radius 1 is 1.38 bits per heavy atom. The highest BCUT2D eigenvalue weighted by Crippen LogP contribution is 2.27. The molecular formula is C14H19ClN2O4. The quantitative estimate of drug-likeness (QED) is 0.431. The highest BCUT2D eigenvalue weighted by atomic mass is 35.5. The Morgan fingerprint density at radius 2 is 2.10 bits per heavy atom. The van der Waals surface area contributed by atoms with Crippen LogP contribution < -0.4 is 5.32 Å². The molecule has 1 rings (SSSR count). The van der Waals surface area contributed by atoms with Crippen molar-refractivity contribution in [3.63, 3.8) is 0 Å². The van der Waals surface area contributed by atoms with E-state index in [1.807, 2.05) is 0 Å². The Kier molecular flexibility index (Phi) is 7.71. The molecule has 1 N–H and O–H groups in total. The van der Waals surface area contributed by atoms with E-state index in [2.05, 4.69) is 12.2 Å². The van der Waals surface area contributed by atoms with E-state index in [9.17, 15) is 14.9 Å². The Hall–Kier alpha value is -1.66. The van der Waals surface area contributed by atoms with Crippen LogP contribution in [0.1, 0.15) is 36.5 Å². The molecule has 6 nitrogen and oxygen atoms in total. The second-order valence-corrected chi connectivity index (χ2v) is 4.88. The van der Waals surface area contributed by atoms with Crippen molar-refractivity contribution in [2.45, 2.75) is 26.2 Å². The molecule has 7 heteroatoms. The summed E-state index contributed by atoms with van der Waals surface area (Å²) in [4.78, 5) is 22.2. The van der Waals surface area contributed by atoms with Gasteiger partial charge in [-0.05, 0) is 25.0 Å². The average molecular weight is 315 g/mol. The summed E-state index contributed by atoms with van der Waals surface area (Å²) in [5.74, 6) is -0.502. The van der Waals surface area contributed by atoms with Crippen molar-refractivity contribution < 1.29 is 14.5 Å². The number of nitro benzene ring substituents is 1. The molecule has 1 aromatic carbocycles. The molecule has 0 saturated heterocycles. The summed E-state index contributed by atoms with van der Waals surface area (Å²) in [6.07, 6.45) is 2.75. The van der Waals surface area contributed by atoms with Gasteiger partial charge in [-0.15, -0.1) is 0 Å². The Bertz CT molecular complexity index is 494. The average Bonchev–Trinajstić information content (AvgIpc) is 2.45. The fourth-order valence-corrected chi connectivity index (χ4v) is 1.95. The van der Waals surface area contributed by atoms with Gasteiger partial charge in [0.25, 0.3) is 5.91 Å². The van der Waals surface area contributed by atoms with Gasteiger partial charge in [0.15, 0.2) is 0 Å². The monoisotopic (exact) mass is 314 g/mol. The fraction of sp³-hybridized carbons (Fsp3) is 0.500. The Balaban J connectivity index is 2.46. The van der Waals surface area contributed by atoms with Gasteiger partial charge in [0.05, 0.1) is 4.92 Å². The molecule has 0 aliphatic heterocycles. The summed E-state index contributed by atoms with van der Waals surface area (Å²) in [5.41, 5.74) is -0.393. The minimum absolute atomic E-state index is 0.0283. The number of benzene rings is 1. The molecule has 0 aromatic heterocycles. The molecule has 0 spiro atoms. The van der Waals surface area contributed by atoms with Crippen molar-refractivity contribution >= 4 is 23.2 Å². The number of nitrogens with one attached hydrogen (secondary N) is 1. The van der Waals surface area contributed by atoms with Crippen LogP contribution in [-0.2, 0) is 4.74 Å². The van der Waals surface area contributed by atoms with Crippen LogP contribution in [0.5, 0.6) is 0 Å². The SMILES string of the molecule is CCCCOCCCNC(=O)c1cccc(Cl)c1[N+](=O)[O-]. The number of rotatable bonds is 9. The molecule has 0 unspecified atom stereocenters. The van der Waals surface area contributed by atoms with E-state index in [-0.39, 0.29) is 16.3 Å². The number of hydrogen-bond donors (Lipinski definition) is 1. The fourth-order valence-electron chi connectivity index (χ4n) is 1.70. The van der Waals surface area contributed by atoms with Gasteiger partial charge in [-0.1, -0.05) is 31.0 Å². The van der Waals surface area contributed by atoms with Gasteiger partial charge in [-0.25, -0.2) is 0 Å². The van der Waals surface area contributed by atoms with E-state index in [4.69, 9.17) is 16.3 Å². The molecule has 0 atom stereocenters. The number of unbranched alkanes of at least 4 members (excludes halogenated alkanes) is 1. The first-order valence-corrected chi connectivity index (χ1v) is 7.24. The third kappa shape index (κ3) is 5.69. The summed E-state index contributed by atoms with van der Waals surface area (Å²) >= 11 is 5.76. The zero-order valence-corrected chi connectivity index (χ0v) is 12.7. The van der Waals surface area contributed by atoms with Gasteiger partial charge >= 0.3 is 5.69 Å². The number of ether oxygens (including phenoxy) is 1. The van der Waals surface area contributed by atoms with Gasteiger partial charge in [0.2, 0.25) is 0 Å². The minimum Gasteiger partial charge on any atom is -0.381 e. The molecular weight excluding hydrogens is 296 g/mol. The van der Waals surface area contributed by atoms with E-state index in [0.29, 0.717) is 26.2 Å².